The van der Waals surface area contributed by atoms with E-state index in [0.29, 0.717) is 82.2 Å². The van der Waals surface area contributed by atoms with Crippen LogP contribution in [0.1, 0.15) is 200 Å². The predicted octanol–water partition coefficient (Wildman–Crippen LogP) is 11.6. The zero-order valence-corrected chi connectivity index (χ0v) is 39.3. The second kappa shape index (κ2) is 20.2. The molecule has 2 unspecified atom stereocenters. The summed E-state index contributed by atoms with van der Waals surface area (Å²) in [6.45, 7) is 3.02. The van der Waals surface area contributed by atoms with E-state index in [2.05, 4.69) is 10.2 Å². The smallest absolute Gasteiger partial charge is 0.416 e. The summed E-state index contributed by atoms with van der Waals surface area (Å²) in [7, 11) is 0. The van der Waals surface area contributed by atoms with Crippen molar-refractivity contribution in [3.8, 4) is 0 Å². The lowest BCUT2D eigenvalue weighted by molar-refractivity contribution is -0.149. The number of carboxylic acids is 1. The summed E-state index contributed by atoms with van der Waals surface area (Å²) in [6, 6.07) is 10.0. The molecule has 4 aromatic rings. The number of carbonyl (C=O) groups excluding carboxylic acids is 3. The maximum Gasteiger partial charge on any atom is 0.416 e. The lowest BCUT2D eigenvalue weighted by Crippen LogP contribution is -2.32. The normalized spacial score (nSPS) is 25.1. The Labute approximate surface area is 402 Å². The second-order valence-corrected chi connectivity index (χ2v) is 19.9. The lowest BCUT2D eigenvalue weighted by atomic mass is 9.86. The summed E-state index contributed by atoms with van der Waals surface area (Å²) in [5, 5.41) is 18.5. The second-order valence-electron chi connectivity index (χ2n) is 19.9. The minimum Gasteiger partial charge on any atom is -0.481 e. The number of carbonyl (C=O) groups is 4. The predicted molar refractivity (Wildman–Crippen MR) is 244 cm³/mol. The number of ether oxygens (including phenoxy) is 1. The fourth-order valence-corrected chi connectivity index (χ4v) is 11.6. The minimum absolute atomic E-state index is 0.0491. The highest BCUT2D eigenvalue weighted by Crippen LogP contribution is 2.49. The van der Waals surface area contributed by atoms with Gasteiger partial charge in [0.1, 0.15) is 0 Å². The molecule has 18 heteroatoms. The van der Waals surface area contributed by atoms with Crippen molar-refractivity contribution in [3.05, 3.63) is 106 Å². The van der Waals surface area contributed by atoms with Crippen molar-refractivity contribution in [2.45, 2.75) is 158 Å². The molecule has 4 aliphatic carbocycles. The van der Waals surface area contributed by atoms with Crippen LogP contribution in [-0.4, -0.2) is 77.9 Å². The van der Waals surface area contributed by atoms with Gasteiger partial charge in [0.2, 0.25) is 0 Å². The Hall–Kier alpha value is -5.68. The van der Waals surface area contributed by atoms with E-state index < -0.39 is 41.5 Å². The number of esters is 1. The Balaban J connectivity index is 0.000000174. The molecule has 12 nitrogen and oxygen atoms in total. The van der Waals surface area contributed by atoms with E-state index in [4.69, 9.17) is 4.74 Å². The van der Waals surface area contributed by atoms with Crippen molar-refractivity contribution in [2.75, 3.05) is 19.7 Å². The number of aliphatic carboxylic acids is 1. The first-order chi connectivity index (χ1) is 33.5. The summed E-state index contributed by atoms with van der Waals surface area (Å²) in [5.41, 5.74) is 1.73. The molecule has 2 aliphatic heterocycles. The maximum absolute atomic E-state index is 13.8. The summed E-state index contributed by atoms with van der Waals surface area (Å²) >= 11 is 0. The van der Waals surface area contributed by atoms with Crippen molar-refractivity contribution in [1.82, 2.24) is 29.4 Å². The van der Waals surface area contributed by atoms with Gasteiger partial charge in [-0.25, -0.2) is 0 Å². The standard InChI is InChI=1S/C27H32F3N3O3.C25H28F3N3O3/c1-2-36-26(35)18-11-13-19(14-12-18)33-24(17-9-10-17)21(16-31-33)25(34)32-15-5-8-23(32)20-6-3-4-7-22(20)27(28,29)30;26-25(27,28)20-5-2-1-4-18(20)21-6-3-13-30(21)23(32)19-14-29-31(22(19)15-7-8-15)17-11-9-16(10-12-17)24(33)34/h3-4,6-7,16-19,23H,2,5,8-15H2,1H3;1-2,4-5,14-17,21H,3,6-13H2,(H,33,34). The fourth-order valence-electron chi connectivity index (χ4n) is 11.6. The number of amides is 2. The number of hydrogen-bond donors (Lipinski definition) is 1. The molecule has 2 amide bonds. The number of halogens is 6. The van der Waals surface area contributed by atoms with Gasteiger partial charge in [0.15, 0.2) is 0 Å². The van der Waals surface area contributed by atoms with Gasteiger partial charge in [0.05, 0.1) is 88.6 Å². The highest BCUT2D eigenvalue weighted by atomic mass is 19.4. The molecule has 376 valence electrons. The van der Waals surface area contributed by atoms with Crippen LogP contribution in [0.25, 0.3) is 0 Å². The molecule has 6 aliphatic rings. The van der Waals surface area contributed by atoms with E-state index in [9.17, 15) is 50.6 Å². The van der Waals surface area contributed by atoms with Gasteiger partial charge in [-0.2, -0.15) is 36.5 Å². The largest absolute Gasteiger partial charge is 0.481 e. The number of carboxylic acid groups (broad SMARTS) is 1. The van der Waals surface area contributed by atoms with Crippen molar-refractivity contribution in [2.24, 2.45) is 11.8 Å². The molecule has 6 fully saturated rings. The molecule has 0 bridgehead atoms. The van der Waals surface area contributed by atoms with E-state index in [0.717, 1.165) is 74.9 Å². The molecule has 70 heavy (non-hydrogen) atoms. The Morgan fingerprint density at radius 2 is 0.986 bits per heavy atom. The van der Waals surface area contributed by atoms with Crippen LogP contribution in [0.2, 0.25) is 0 Å². The van der Waals surface area contributed by atoms with Crippen molar-refractivity contribution in [3.63, 3.8) is 0 Å². The van der Waals surface area contributed by atoms with Gasteiger partial charge in [-0.15, -0.1) is 0 Å². The van der Waals surface area contributed by atoms with Gasteiger partial charge in [0, 0.05) is 24.9 Å². The average Bonchev–Trinajstić information content (AvgIpc) is 4.11. The van der Waals surface area contributed by atoms with E-state index in [1.807, 2.05) is 9.36 Å². The first-order valence-corrected chi connectivity index (χ1v) is 25.0. The van der Waals surface area contributed by atoms with Gasteiger partial charge in [0.25, 0.3) is 11.8 Å². The third-order valence-corrected chi connectivity index (χ3v) is 15.4. The Bertz CT molecular complexity index is 2550. The molecule has 0 radical (unpaired) electrons. The van der Waals surface area contributed by atoms with Gasteiger partial charge in [-0.05, 0) is 133 Å². The van der Waals surface area contributed by atoms with E-state index in [-0.39, 0.29) is 64.7 Å². The Morgan fingerprint density at radius 3 is 1.36 bits per heavy atom. The zero-order valence-electron chi connectivity index (χ0n) is 39.3. The Kier molecular flexibility index (Phi) is 14.2. The average molecular weight is 979 g/mol. The number of alkyl halides is 6. The van der Waals surface area contributed by atoms with Gasteiger partial charge in [-0.3, -0.25) is 28.5 Å². The van der Waals surface area contributed by atoms with Crippen LogP contribution < -0.4 is 0 Å². The summed E-state index contributed by atoms with van der Waals surface area (Å²) in [6.07, 6.45) is 5.95. The highest BCUT2D eigenvalue weighted by molar-refractivity contribution is 5.96. The molecule has 2 atom stereocenters. The van der Waals surface area contributed by atoms with Crippen molar-refractivity contribution in [1.29, 1.82) is 0 Å². The van der Waals surface area contributed by atoms with Crippen LogP contribution in [0.4, 0.5) is 26.3 Å². The van der Waals surface area contributed by atoms with Crippen LogP contribution in [-0.2, 0) is 26.7 Å². The molecule has 0 spiro atoms. The maximum atomic E-state index is 13.8. The molecule has 4 saturated carbocycles. The molecule has 2 saturated heterocycles. The molecule has 10 rings (SSSR count). The first kappa shape index (κ1) is 49.3. The van der Waals surface area contributed by atoms with Crippen LogP contribution in [0.15, 0.2) is 60.9 Å². The molecule has 4 heterocycles. The van der Waals surface area contributed by atoms with E-state index in [1.165, 1.54) is 24.3 Å². The van der Waals surface area contributed by atoms with Crippen molar-refractivity contribution >= 4 is 23.8 Å². The van der Waals surface area contributed by atoms with Crippen LogP contribution in [0, 0.1) is 11.8 Å². The number of rotatable bonds is 11. The number of aromatic nitrogens is 4. The van der Waals surface area contributed by atoms with Crippen LogP contribution >= 0.6 is 0 Å². The number of hydrogen-bond acceptors (Lipinski definition) is 7. The van der Waals surface area contributed by atoms with Crippen LogP contribution in [0.3, 0.4) is 0 Å². The Morgan fingerprint density at radius 1 is 0.586 bits per heavy atom. The van der Waals surface area contributed by atoms with Gasteiger partial charge < -0.3 is 19.6 Å². The number of likely N-dealkylation sites (tertiary alicyclic amines) is 2. The lowest BCUT2D eigenvalue weighted by Gasteiger charge is -2.29. The summed E-state index contributed by atoms with van der Waals surface area (Å²) < 4.78 is 91.2. The molecular formula is C52H60F6N6O6. The highest BCUT2D eigenvalue weighted by Gasteiger charge is 2.44. The van der Waals surface area contributed by atoms with E-state index in [1.54, 1.807) is 41.2 Å². The third kappa shape index (κ3) is 10.2. The van der Waals surface area contributed by atoms with Crippen molar-refractivity contribution < 1.29 is 55.4 Å². The first-order valence-electron chi connectivity index (χ1n) is 25.0. The SMILES string of the molecule is CCOC(=O)C1CCC(n2ncc(C(=O)N3CCCC3c3ccccc3C(F)(F)F)c2C2CC2)CC1.O=C(O)C1CCC(n2ncc(C(=O)N3CCCC3c3ccccc3C(F)(F)F)c2C2CC2)CC1. The summed E-state index contributed by atoms with van der Waals surface area (Å²) in [4.78, 5) is 54.1. The van der Waals surface area contributed by atoms with Gasteiger partial charge >= 0.3 is 24.3 Å². The topological polar surface area (TPSA) is 140 Å². The summed E-state index contributed by atoms with van der Waals surface area (Å²) in [5.74, 6) is -1.36. The fraction of sp³-hybridized carbons (Fsp3) is 0.577. The van der Waals surface area contributed by atoms with E-state index >= 15 is 0 Å². The quantitative estimate of drug-likeness (QED) is 0.116. The third-order valence-electron chi connectivity index (χ3n) is 15.4. The molecule has 1 N–H and O–H groups in total. The number of benzene rings is 2. The number of nitrogens with zero attached hydrogens (tertiary/aromatic N) is 6. The molecule has 2 aromatic carbocycles. The molecular weight excluding hydrogens is 919 g/mol. The van der Waals surface area contributed by atoms with Gasteiger partial charge in [-0.1, -0.05) is 36.4 Å². The molecule has 2 aromatic heterocycles. The minimum atomic E-state index is -4.48. The monoisotopic (exact) mass is 978 g/mol. The van der Waals surface area contributed by atoms with Crippen LogP contribution in [0.5, 0.6) is 0 Å². The zero-order chi connectivity index (χ0) is 49.5.